The highest BCUT2D eigenvalue weighted by Crippen LogP contribution is 2.45. The summed E-state index contributed by atoms with van der Waals surface area (Å²) in [5.74, 6) is 0. The fourth-order valence-corrected chi connectivity index (χ4v) is 6.51. The lowest BCUT2D eigenvalue weighted by Crippen LogP contribution is -1.91. The average molecular weight is 549 g/mol. The van der Waals surface area contributed by atoms with E-state index in [4.69, 9.17) is 14.4 Å². The summed E-state index contributed by atoms with van der Waals surface area (Å²) in [5.41, 5.74) is 11.0. The van der Waals surface area contributed by atoms with Crippen molar-refractivity contribution in [3.63, 3.8) is 0 Å². The number of hydrogen-bond donors (Lipinski definition) is 0. The second-order valence-corrected chi connectivity index (χ2v) is 11.0. The molecule has 7 aromatic carbocycles. The van der Waals surface area contributed by atoms with Crippen LogP contribution in [0.15, 0.2) is 150 Å². The van der Waals surface area contributed by atoms with Crippen LogP contribution in [0, 0.1) is 0 Å². The molecular weight excluding hydrogens is 524 g/mol. The minimum Gasteiger partial charge on any atom is -0.436 e. The van der Waals surface area contributed by atoms with Crippen LogP contribution in [0.2, 0.25) is 0 Å². The maximum Gasteiger partial charge on any atom is 0.246 e. The van der Waals surface area contributed by atoms with Crippen LogP contribution in [0.4, 0.5) is 0 Å². The quantitative estimate of drug-likeness (QED) is 0.206. The fraction of sp³-hybridized carbons (Fsp3) is 0. The summed E-state index contributed by atoms with van der Waals surface area (Å²) in [7, 11) is 0. The van der Waals surface area contributed by atoms with Crippen LogP contribution in [-0.4, -0.2) is 9.97 Å². The summed E-state index contributed by atoms with van der Waals surface area (Å²) in [6.07, 6.45) is 0. The minimum absolute atomic E-state index is 0.565. The van der Waals surface area contributed by atoms with Gasteiger partial charge in [0.1, 0.15) is 11.1 Å². The normalized spacial score (nSPS) is 11.7. The summed E-state index contributed by atoms with van der Waals surface area (Å²) < 4.78 is 6.14. The highest BCUT2D eigenvalue weighted by atomic mass is 16.3. The summed E-state index contributed by atoms with van der Waals surface area (Å²) in [6, 6.07) is 51.4. The Balaban J connectivity index is 1.34. The van der Waals surface area contributed by atoms with Gasteiger partial charge in [-0.1, -0.05) is 115 Å². The van der Waals surface area contributed by atoms with Crippen LogP contribution in [-0.2, 0) is 0 Å². The average Bonchev–Trinajstić information content (AvgIpc) is 3.43. The summed E-state index contributed by atoms with van der Waals surface area (Å²) in [4.78, 5) is 9.67. The Kier molecular flexibility index (Phi) is 5.20. The Morgan fingerprint density at radius 3 is 1.56 bits per heavy atom. The molecule has 2 aromatic heterocycles. The lowest BCUT2D eigenvalue weighted by molar-refractivity contribution is 0.655. The molecule has 3 nitrogen and oxygen atoms in total. The molecule has 0 atom stereocenters. The van der Waals surface area contributed by atoms with Gasteiger partial charge in [0.2, 0.25) is 5.71 Å². The van der Waals surface area contributed by atoms with Crippen molar-refractivity contribution in [2.24, 2.45) is 0 Å². The molecule has 0 aliphatic heterocycles. The minimum atomic E-state index is 0.565. The third kappa shape index (κ3) is 3.75. The smallest absolute Gasteiger partial charge is 0.246 e. The first kappa shape index (κ1) is 23.9. The van der Waals surface area contributed by atoms with Crippen molar-refractivity contribution < 1.29 is 4.42 Å². The molecule has 0 saturated heterocycles. The molecule has 9 aromatic rings. The summed E-state index contributed by atoms with van der Waals surface area (Å²) in [5, 5.41) is 5.93. The van der Waals surface area contributed by atoms with E-state index in [1.165, 1.54) is 43.8 Å². The van der Waals surface area contributed by atoms with Crippen molar-refractivity contribution in [2.75, 3.05) is 0 Å². The topological polar surface area (TPSA) is 38.9 Å². The Morgan fingerprint density at radius 2 is 0.884 bits per heavy atom. The van der Waals surface area contributed by atoms with E-state index in [2.05, 4.69) is 115 Å². The largest absolute Gasteiger partial charge is 0.436 e. The zero-order chi connectivity index (χ0) is 28.3. The Labute approximate surface area is 247 Å². The van der Waals surface area contributed by atoms with E-state index in [1.54, 1.807) is 0 Å². The van der Waals surface area contributed by atoms with Crippen molar-refractivity contribution in [3.8, 4) is 33.4 Å². The fourth-order valence-electron chi connectivity index (χ4n) is 6.51. The van der Waals surface area contributed by atoms with E-state index in [-0.39, 0.29) is 0 Å². The van der Waals surface area contributed by atoms with Gasteiger partial charge < -0.3 is 4.42 Å². The molecule has 200 valence electrons. The van der Waals surface area contributed by atoms with E-state index < -0.39 is 0 Å². The van der Waals surface area contributed by atoms with Gasteiger partial charge in [-0.15, -0.1) is 0 Å². The van der Waals surface area contributed by atoms with Crippen molar-refractivity contribution in [1.82, 2.24) is 9.97 Å². The molecule has 0 unspecified atom stereocenters. The maximum atomic E-state index is 6.14. The monoisotopic (exact) mass is 548 g/mol. The first-order valence-corrected chi connectivity index (χ1v) is 14.5. The number of fused-ring (bicyclic) bond motifs is 6. The molecular formula is C40H24N2O. The molecule has 43 heavy (non-hydrogen) atoms. The molecule has 0 radical (unpaired) electrons. The number of furan rings is 1. The van der Waals surface area contributed by atoms with Crippen molar-refractivity contribution in [2.45, 2.75) is 0 Å². The Bertz CT molecular complexity index is 2500. The lowest BCUT2D eigenvalue weighted by Gasteiger charge is -2.18. The maximum absolute atomic E-state index is 6.14. The van der Waals surface area contributed by atoms with Gasteiger partial charge in [0.15, 0.2) is 0 Å². The summed E-state index contributed by atoms with van der Waals surface area (Å²) in [6.45, 7) is 0. The SMILES string of the molecule is c1ccc(-c2c3ccccc3c(-c3ccccc3)c3cc(-c4ccc5oc6nc7ccccc7nc6c5c4)ccc23)cc1. The molecule has 0 bridgehead atoms. The Hall–Kier alpha value is -5.80. The molecule has 0 N–H and O–H groups in total. The second-order valence-electron chi connectivity index (χ2n) is 11.0. The van der Waals surface area contributed by atoms with Gasteiger partial charge in [-0.2, -0.15) is 0 Å². The lowest BCUT2D eigenvalue weighted by atomic mass is 9.85. The predicted octanol–water partition coefficient (Wildman–Crippen LogP) is 10.8. The highest BCUT2D eigenvalue weighted by molar-refractivity contribution is 6.22. The molecule has 0 aliphatic carbocycles. The Morgan fingerprint density at radius 1 is 0.372 bits per heavy atom. The van der Waals surface area contributed by atoms with Crippen LogP contribution in [0.1, 0.15) is 0 Å². The standard InChI is InChI=1S/C40H24N2O/c1-3-11-25(12-4-1)37-29-15-7-8-16-30(29)38(26-13-5-2-6-14-26)32-23-27(19-21-31(32)37)28-20-22-36-33(24-28)39-40(43-36)42-35-18-10-9-17-34(35)41-39/h1-24H. The van der Waals surface area contributed by atoms with Crippen LogP contribution in [0.3, 0.4) is 0 Å². The number of hydrogen-bond acceptors (Lipinski definition) is 3. The second kappa shape index (κ2) is 9.37. The molecule has 0 aliphatic rings. The van der Waals surface area contributed by atoms with Crippen molar-refractivity contribution in [1.29, 1.82) is 0 Å². The van der Waals surface area contributed by atoms with Gasteiger partial charge in [-0.3, -0.25) is 0 Å². The van der Waals surface area contributed by atoms with Crippen LogP contribution < -0.4 is 0 Å². The first-order chi connectivity index (χ1) is 21.3. The van der Waals surface area contributed by atoms with Crippen LogP contribution >= 0.6 is 0 Å². The molecule has 3 heteroatoms. The molecule has 0 spiro atoms. The predicted molar refractivity (Wildman–Crippen MR) is 178 cm³/mol. The van der Waals surface area contributed by atoms with Gasteiger partial charge in [0.25, 0.3) is 0 Å². The summed E-state index contributed by atoms with van der Waals surface area (Å²) >= 11 is 0. The number of rotatable bonds is 3. The van der Waals surface area contributed by atoms with E-state index >= 15 is 0 Å². The van der Waals surface area contributed by atoms with Gasteiger partial charge >= 0.3 is 0 Å². The van der Waals surface area contributed by atoms with E-state index in [1.807, 2.05) is 30.3 Å². The third-order valence-corrected chi connectivity index (χ3v) is 8.46. The van der Waals surface area contributed by atoms with Gasteiger partial charge in [0.05, 0.1) is 11.0 Å². The first-order valence-electron chi connectivity index (χ1n) is 14.5. The molecule has 0 saturated carbocycles. The van der Waals surface area contributed by atoms with Crippen LogP contribution in [0.5, 0.6) is 0 Å². The number of para-hydroxylation sites is 2. The van der Waals surface area contributed by atoms with Gasteiger partial charge in [0, 0.05) is 5.39 Å². The zero-order valence-electron chi connectivity index (χ0n) is 23.2. The van der Waals surface area contributed by atoms with Crippen LogP contribution in [0.25, 0.3) is 88.2 Å². The molecule has 0 fully saturated rings. The number of benzene rings is 7. The number of nitrogens with zero attached hydrogens (tertiary/aromatic N) is 2. The zero-order valence-corrected chi connectivity index (χ0v) is 23.2. The highest BCUT2D eigenvalue weighted by Gasteiger charge is 2.18. The van der Waals surface area contributed by atoms with Gasteiger partial charge in [-0.05, 0) is 85.3 Å². The molecule has 9 rings (SSSR count). The van der Waals surface area contributed by atoms with E-state index in [9.17, 15) is 0 Å². The van der Waals surface area contributed by atoms with E-state index in [0.29, 0.717) is 5.71 Å². The van der Waals surface area contributed by atoms with E-state index in [0.717, 1.165) is 38.6 Å². The third-order valence-electron chi connectivity index (χ3n) is 8.46. The van der Waals surface area contributed by atoms with Crippen molar-refractivity contribution in [3.05, 3.63) is 146 Å². The number of aromatic nitrogens is 2. The van der Waals surface area contributed by atoms with Gasteiger partial charge in [-0.25, -0.2) is 9.97 Å². The van der Waals surface area contributed by atoms with Crippen molar-refractivity contribution >= 4 is 54.8 Å². The molecule has 0 amide bonds. The molecule has 2 heterocycles.